The van der Waals surface area contributed by atoms with E-state index in [-0.39, 0.29) is 5.88 Å². The van der Waals surface area contributed by atoms with Gasteiger partial charge in [0.05, 0.1) is 11.6 Å². The molecular weight excluding hydrogens is 302 g/mol. The Hall–Kier alpha value is -1.04. The van der Waals surface area contributed by atoms with E-state index in [9.17, 15) is 8.42 Å². The fraction of sp³-hybridized carbons (Fsp3) is 0.231. The first-order valence-corrected chi connectivity index (χ1v) is 8.51. The number of anilines is 1. The summed E-state index contributed by atoms with van der Waals surface area (Å²) in [5.41, 5.74) is 1.37. The molecule has 0 aliphatic rings. The number of aryl methyl sites for hydroxylation is 1. The van der Waals surface area contributed by atoms with Crippen LogP contribution in [0.25, 0.3) is 0 Å². The molecule has 0 amide bonds. The Bertz CT molecular complexity index is 665. The Balaban J connectivity index is 2.51. The molecule has 1 aromatic carbocycles. The lowest BCUT2D eigenvalue weighted by molar-refractivity contribution is 0.593. The number of nitrogens with zero attached hydrogens (tertiary/aromatic N) is 1. The molecule has 0 fully saturated rings. The van der Waals surface area contributed by atoms with Gasteiger partial charge in [0.25, 0.3) is 10.0 Å². The molecule has 0 aliphatic carbocycles. The molecule has 6 heteroatoms. The summed E-state index contributed by atoms with van der Waals surface area (Å²) in [4.78, 5) is 1.01. The molecule has 2 rings (SSSR count). The van der Waals surface area contributed by atoms with Crippen LogP contribution in [-0.2, 0) is 15.9 Å². The third-order valence-electron chi connectivity index (χ3n) is 2.85. The topological polar surface area (TPSA) is 37.4 Å². The van der Waals surface area contributed by atoms with E-state index in [0.29, 0.717) is 15.5 Å². The van der Waals surface area contributed by atoms with Gasteiger partial charge in [-0.25, -0.2) is 8.42 Å². The van der Waals surface area contributed by atoms with Crippen LogP contribution in [0.4, 0.5) is 5.69 Å². The van der Waals surface area contributed by atoms with E-state index in [0.717, 1.165) is 5.56 Å². The maximum atomic E-state index is 12.7. The first-order chi connectivity index (χ1) is 8.98. The van der Waals surface area contributed by atoms with Gasteiger partial charge in [0.15, 0.2) is 0 Å². The number of rotatable bonds is 4. The van der Waals surface area contributed by atoms with Crippen molar-refractivity contribution < 1.29 is 8.42 Å². The van der Waals surface area contributed by atoms with E-state index in [1.165, 1.54) is 15.6 Å². The Kier molecular flexibility index (Phi) is 4.18. The molecule has 0 radical (unpaired) electrons. The molecule has 0 atom stereocenters. The summed E-state index contributed by atoms with van der Waals surface area (Å²) in [7, 11) is -2.01. The standard InChI is InChI=1S/C13H14ClNO2S2/c1-10-9-18-12(8-14)13(10)19(16,17)15(2)11-6-4-3-5-7-11/h3-7,9H,8H2,1-2H3. The Labute approximate surface area is 122 Å². The smallest absolute Gasteiger partial charge is 0.265 e. The maximum Gasteiger partial charge on any atom is 0.265 e. The summed E-state index contributed by atoms with van der Waals surface area (Å²) in [6.07, 6.45) is 0. The van der Waals surface area contributed by atoms with Crippen molar-refractivity contribution in [3.8, 4) is 0 Å². The van der Waals surface area contributed by atoms with Crippen molar-refractivity contribution >= 4 is 38.6 Å². The first kappa shape index (κ1) is 14.4. The second kappa shape index (κ2) is 5.53. The van der Waals surface area contributed by atoms with Crippen LogP contribution in [-0.4, -0.2) is 15.5 Å². The fourth-order valence-electron chi connectivity index (χ4n) is 1.84. The number of benzene rings is 1. The van der Waals surface area contributed by atoms with Crippen molar-refractivity contribution in [1.82, 2.24) is 0 Å². The Morgan fingerprint density at radius 1 is 1.26 bits per heavy atom. The van der Waals surface area contributed by atoms with E-state index in [1.807, 2.05) is 23.6 Å². The fourth-order valence-corrected chi connectivity index (χ4v) is 5.04. The molecule has 1 heterocycles. The molecule has 0 N–H and O–H groups in total. The van der Waals surface area contributed by atoms with Crippen molar-refractivity contribution in [1.29, 1.82) is 0 Å². The van der Waals surface area contributed by atoms with Gasteiger partial charge in [-0.15, -0.1) is 22.9 Å². The number of thiophene rings is 1. The number of sulfonamides is 1. The summed E-state index contributed by atoms with van der Waals surface area (Å²) < 4.78 is 26.6. The zero-order valence-corrected chi connectivity index (χ0v) is 13.0. The quantitative estimate of drug-likeness (QED) is 0.808. The zero-order chi connectivity index (χ0) is 14.0. The van der Waals surface area contributed by atoms with Gasteiger partial charge in [-0.3, -0.25) is 4.31 Å². The Morgan fingerprint density at radius 2 is 1.89 bits per heavy atom. The molecule has 1 aromatic heterocycles. The third kappa shape index (κ3) is 2.63. The highest BCUT2D eigenvalue weighted by molar-refractivity contribution is 7.93. The molecule has 0 saturated heterocycles. The number of alkyl halides is 1. The van der Waals surface area contributed by atoms with Crippen LogP contribution >= 0.6 is 22.9 Å². The van der Waals surface area contributed by atoms with Crippen molar-refractivity contribution in [2.45, 2.75) is 17.7 Å². The van der Waals surface area contributed by atoms with Gasteiger partial charge in [-0.05, 0) is 30.0 Å². The van der Waals surface area contributed by atoms with Crippen LogP contribution in [0.1, 0.15) is 10.4 Å². The largest absolute Gasteiger partial charge is 0.269 e. The van der Waals surface area contributed by atoms with Gasteiger partial charge in [-0.1, -0.05) is 18.2 Å². The van der Waals surface area contributed by atoms with Crippen LogP contribution in [0.15, 0.2) is 40.6 Å². The van der Waals surface area contributed by atoms with E-state index in [2.05, 4.69) is 0 Å². The second-order valence-electron chi connectivity index (χ2n) is 4.11. The molecule has 102 valence electrons. The summed E-state index contributed by atoms with van der Waals surface area (Å²) >= 11 is 7.21. The van der Waals surface area contributed by atoms with Crippen LogP contribution in [0.3, 0.4) is 0 Å². The van der Waals surface area contributed by atoms with Gasteiger partial charge in [0.2, 0.25) is 0 Å². The molecule has 19 heavy (non-hydrogen) atoms. The average molecular weight is 316 g/mol. The predicted octanol–water partition coefficient (Wildman–Crippen LogP) is 3.62. The highest BCUT2D eigenvalue weighted by Crippen LogP contribution is 2.32. The molecule has 0 bridgehead atoms. The highest BCUT2D eigenvalue weighted by Gasteiger charge is 2.27. The molecule has 2 aromatic rings. The number of halogens is 1. The van der Waals surface area contributed by atoms with Gasteiger partial charge in [-0.2, -0.15) is 0 Å². The molecule has 3 nitrogen and oxygen atoms in total. The number of para-hydroxylation sites is 1. The van der Waals surface area contributed by atoms with Gasteiger partial charge in [0.1, 0.15) is 4.90 Å². The van der Waals surface area contributed by atoms with Crippen LogP contribution in [0.2, 0.25) is 0 Å². The lowest BCUT2D eigenvalue weighted by atomic mass is 10.3. The van der Waals surface area contributed by atoms with Crippen molar-refractivity contribution in [2.24, 2.45) is 0 Å². The van der Waals surface area contributed by atoms with Crippen molar-refractivity contribution in [3.05, 3.63) is 46.2 Å². The van der Waals surface area contributed by atoms with Crippen LogP contribution < -0.4 is 4.31 Å². The third-order valence-corrected chi connectivity index (χ3v) is 6.52. The molecule has 0 unspecified atom stereocenters. The molecular formula is C13H14ClNO2S2. The minimum atomic E-state index is -3.56. The SMILES string of the molecule is Cc1csc(CCl)c1S(=O)(=O)N(C)c1ccccc1. The normalized spacial score (nSPS) is 11.5. The molecule has 0 aliphatic heterocycles. The molecule has 0 spiro atoms. The van der Waals surface area contributed by atoms with Crippen molar-refractivity contribution in [2.75, 3.05) is 11.4 Å². The minimum absolute atomic E-state index is 0.204. The van der Waals surface area contributed by atoms with E-state index in [1.54, 1.807) is 26.1 Å². The summed E-state index contributed by atoms with van der Waals surface area (Å²) in [5.74, 6) is 0.204. The van der Waals surface area contributed by atoms with Gasteiger partial charge < -0.3 is 0 Å². The van der Waals surface area contributed by atoms with Crippen LogP contribution in [0, 0.1) is 6.92 Å². The molecule has 0 saturated carbocycles. The van der Waals surface area contributed by atoms with Crippen molar-refractivity contribution in [3.63, 3.8) is 0 Å². The monoisotopic (exact) mass is 315 g/mol. The lowest BCUT2D eigenvalue weighted by Crippen LogP contribution is -2.27. The predicted molar refractivity (Wildman–Crippen MR) is 80.6 cm³/mol. The van der Waals surface area contributed by atoms with E-state index < -0.39 is 10.0 Å². The van der Waals surface area contributed by atoms with Gasteiger partial charge >= 0.3 is 0 Å². The van der Waals surface area contributed by atoms with Crippen LogP contribution in [0.5, 0.6) is 0 Å². The first-order valence-electron chi connectivity index (χ1n) is 5.65. The van der Waals surface area contributed by atoms with E-state index >= 15 is 0 Å². The number of hydrogen-bond donors (Lipinski definition) is 0. The summed E-state index contributed by atoms with van der Waals surface area (Å²) in [5, 5.41) is 1.82. The maximum absolute atomic E-state index is 12.7. The van der Waals surface area contributed by atoms with E-state index in [4.69, 9.17) is 11.6 Å². The number of hydrogen-bond acceptors (Lipinski definition) is 3. The summed E-state index contributed by atoms with van der Waals surface area (Å²) in [6, 6.07) is 9.00. The highest BCUT2D eigenvalue weighted by atomic mass is 35.5. The minimum Gasteiger partial charge on any atom is -0.269 e. The average Bonchev–Trinajstić information content (AvgIpc) is 2.80. The lowest BCUT2D eigenvalue weighted by Gasteiger charge is -2.20. The zero-order valence-electron chi connectivity index (χ0n) is 10.6. The van der Waals surface area contributed by atoms with Gasteiger partial charge in [0, 0.05) is 11.9 Å². The second-order valence-corrected chi connectivity index (χ2v) is 7.25. The summed E-state index contributed by atoms with van der Waals surface area (Å²) in [6.45, 7) is 1.79. The Morgan fingerprint density at radius 3 is 2.47 bits per heavy atom.